The third-order valence-electron chi connectivity index (χ3n) is 5.98. The number of amides is 2. The molecule has 2 atom stereocenters. The van der Waals surface area contributed by atoms with Crippen molar-refractivity contribution in [1.29, 1.82) is 0 Å². The fraction of sp³-hybridized carbons (Fsp3) is 0.440. The lowest BCUT2D eigenvalue weighted by molar-refractivity contribution is -0.144. The van der Waals surface area contributed by atoms with Crippen molar-refractivity contribution in [3.63, 3.8) is 0 Å². The van der Waals surface area contributed by atoms with E-state index in [9.17, 15) is 9.59 Å². The summed E-state index contributed by atoms with van der Waals surface area (Å²) in [7, 11) is 0. The standard InChI is InChI=1S/C25H30N2O3/c28-23-14-13-22(25(29)26-15-16-30-18-20-11-12-20)24(21-9-5-2-6-10-21)27(23)17-19-7-3-1-4-8-19/h1-10,20,22,24H,11-18H2,(H,26,29). The number of likely N-dealkylation sites (tertiary alicyclic amines) is 1. The molecule has 5 heteroatoms. The predicted octanol–water partition coefficient (Wildman–Crippen LogP) is 3.71. The third-order valence-corrected chi connectivity index (χ3v) is 5.98. The topological polar surface area (TPSA) is 58.6 Å². The van der Waals surface area contributed by atoms with Crippen LogP contribution in [0.15, 0.2) is 60.7 Å². The highest BCUT2D eigenvalue weighted by atomic mass is 16.5. The summed E-state index contributed by atoms with van der Waals surface area (Å²) in [5.74, 6) is 0.560. The first kappa shape index (κ1) is 20.6. The third kappa shape index (κ3) is 5.28. The maximum absolute atomic E-state index is 13.1. The largest absolute Gasteiger partial charge is 0.379 e. The molecular weight excluding hydrogens is 376 g/mol. The number of carbonyl (C=O) groups is 2. The Labute approximate surface area is 178 Å². The molecule has 2 aliphatic rings. The van der Waals surface area contributed by atoms with Crippen LogP contribution in [0.5, 0.6) is 0 Å². The van der Waals surface area contributed by atoms with Gasteiger partial charge in [-0.05, 0) is 36.3 Å². The Hall–Kier alpha value is -2.66. The van der Waals surface area contributed by atoms with E-state index in [1.54, 1.807) is 0 Å². The van der Waals surface area contributed by atoms with Crippen molar-refractivity contribution < 1.29 is 14.3 Å². The highest BCUT2D eigenvalue weighted by Gasteiger charge is 2.40. The van der Waals surface area contributed by atoms with Crippen LogP contribution in [0.25, 0.3) is 0 Å². The minimum atomic E-state index is -0.266. The van der Waals surface area contributed by atoms with Gasteiger partial charge in [0.1, 0.15) is 0 Å². The number of hydrogen-bond acceptors (Lipinski definition) is 3. The molecule has 2 aromatic carbocycles. The zero-order chi connectivity index (χ0) is 20.8. The molecule has 2 aromatic rings. The number of rotatable bonds is 9. The van der Waals surface area contributed by atoms with Crippen molar-refractivity contribution in [2.45, 2.75) is 38.3 Å². The van der Waals surface area contributed by atoms with Gasteiger partial charge in [-0.15, -0.1) is 0 Å². The molecule has 1 N–H and O–H groups in total. The highest BCUT2D eigenvalue weighted by molar-refractivity contribution is 5.85. The second-order valence-corrected chi connectivity index (χ2v) is 8.32. The monoisotopic (exact) mass is 406 g/mol. The van der Waals surface area contributed by atoms with Gasteiger partial charge in [-0.25, -0.2) is 0 Å². The van der Waals surface area contributed by atoms with Crippen LogP contribution < -0.4 is 5.32 Å². The molecule has 158 valence electrons. The number of nitrogens with zero attached hydrogens (tertiary/aromatic N) is 1. The molecule has 0 spiro atoms. The van der Waals surface area contributed by atoms with Crippen molar-refractivity contribution in [1.82, 2.24) is 10.2 Å². The Morgan fingerprint density at radius 2 is 1.70 bits per heavy atom. The molecule has 5 nitrogen and oxygen atoms in total. The molecule has 4 rings (SSSR count). The Morgan fingerprint density at radius 1 is 1.00 bits per heavy atom. The summed E-state index contributed by atoms with van der Waals surface area (Å²) in [5.41, 5.74) is 2.08. The maximum atomic E-state index is 13.1. The first-order valence-corrected chi connectivity index (χ1v) is 11.0. The van der Waals surface area contributed by atoms with E-state index >= 15 is 0 Å². The summed E-state index contributed by atoms with van der Waals surface area (Å²) in [6.07, 6.45) is 3.49. The second kappa shape index (κ2) is 9.90. The summed E-state index contributed by atoms with van der Waals surface area (Å²) >= 11 is 0. The smallest absolute Gasteiger partial charge is 0.225 e. The van der Waals surface area contributed by atoms with Gasteiger partial charge in [0.15, 0.2) is 0 Å². The van der Waals surface area contributed by atoms with Gasteiger partial charge in [-0.3, -0.25) is 9.59 Å². The Morgan fingerprint density at radius 3 is 2.40 bits per heavy atom. The van der Waals surface area contributed by atoms with Crippen molar-refractivity contribution >= 4 is 11.8 Å². The van der Waals surface area contributed by atoms with E-state index in [1.807, 2.05) is 65.6 Å². The molecule has 1 saturated carbocycles. The van der Waals surface area contributed by atoms with Gasteiger partial charge in [-0.2, -0.15) is 0 Å². The van der Waals surface area contributed by atoms with E-state index in [2.05, 4.69) is 5.32 Å². The molecule has 2 amide bonds. The molecule has 1 aliphatic heterocycles. The van der Waals surface area contributed by atoms with Gasteiger partial charge in [0.25, 0.3) is 0 Å². The van der Waals surface area contributed by atoms with Crippen LogP contribution in [0.2, 0.25) is 0 Å². The minimum Gasteiger partial charge on any atom is -0.379 e. The number of hydrogen-bond donors (Lipinski definition) is 1. The summed E-state index contributed by atoms with van der Waals surface area (Å²) in [6, 6.07) is 19.6. The summed E-state index contributed by atoms with van der Waals surface area (Å²) in [6.45, 7) is 2.35. The molecule has 0 aromatic heterocycles. The molecule has 2 fully saturated rings. The van der Waals surface area contributed by atoms with E-state index in [1.165, 1.54) is 12.8 Å². The van der Waals surface area contributed by atoms with Gasteiger partial charge in [-0.1, -0.05) is 60.7 Å². The van der Waals surface area contributed by atoms with Crippen LogP contribution in [0, 0.1) is 11.8 Å². The van der Waals surface area contributed by atoms with E-state index in [0.29, 0.717) is 32.5 Å². The molecule has 1 aliphatic carbocycles. The normalized spacial score (nSPS) is 21.5. The van der Waals surface area contributed by atoms with Gasteiger partial charge in [0.05, 0.1) is 18.6 Å². The lowest BCUT2D eigenvalue weighted by Gasteiger charge is -2.41. The molecule has 0 bridgehead atoms. The van der Waals surface area contributed by atoms with Crippen LogP contribution in [-0.2, 0) is 20.9 Å². The molecule has 1 heterocycles. The Bertz CT molecular complexity index is 836. The average Bonchev–Trinajstić information content (AvgIpc) is 3.60. The molecule has 2 unspecified atom stereocenters. The quantitative estimate of drug-likeness (QED) is 0.646. The van der Waals surface area contributed by atoms with Gasteiger partial charge in [0, 0.05) is 26.1 Å². The van der Waals surface area contributed by atoms with Crippen LogP contribution in [0.4, 0.5) is 0 Å². The van der Waals surface area contributed by atoms with Gasteiger partial charge in [0.2, 0.25) is 11.8 Å². The number of piperidine rings is 1. The number of nitrogens with one attached hydrogen (secondary N) is 1. The van der Waals surface area contributed by atoms with Crippen LogP contribution in [-0.4, -0.2) is 36.5 Å². The fourth-order valence-electron chi connectivity index (χ4n) is 4.17. The van der Waals surface area contributed by atoms with Crippen molar-refractivity contribution in [3.8, 4) is 0 Å². The van der Waals surface area contributed by atoms with Crippen LogP contribution in [0.1, 0.15) is 42.9 Å². The molecular formula is C25H30N2O3. The van der Waals surface area contributed by atoms with E-state index < -0.39 is 0 Å². The lowest BCUT2D eigenvalue weighted by Crippen LogP contribution is -2.48. The lowest BCUT2D eigenvalue weighted by atomic mass is 9.83. The van der Waals surface area contributed by atoms with Crippen molar-refractivity contribution in [2.24, 2.45) is 11.8 Å². The zero-order valence-electron chi connectivity index (χ0n) is 17.3. The maximum Gasteiger partial charge on any atom is 0.225 e. The Balaban J connectivity index is 1.47. The first-order valence-electron chi connectivity index (χ1n) is 11.0. The molecule has 30 heavy (non-hydrogen) atoms. The minimum absolute atomic E-state index is 0.00411. The van der Waals surface area contributed by atoms with E-state index in [4.69, 9.17) is 4.74 Å². The summed E-state index contributed by atoms with van der Waals surface area (Å²) in [5, 5.41) is 3.04. The van der Waals surface area contributed by atoms with Gasteiger partial charge < -0.3 is 15.0 Å². The number of carbonyl (C=O) groups excluding carboxylic acids is 2. The summed E-state index contributed by atoms with van der Waals surface area (Å²) < 4.78 is 5.64. The van der Waals surface area contributed by atoms with Crippen molar-refractivity contribution in [2.75, 3.05) is 19.8 Å². The van der Waals surface area contributed by atoms with Crippen LogP contribution >= 0.6 is 0 Å². The number of benzene rings is 2. The first-order chi connectivity index (χ1) is 14.7. The Kier molecular flexibility index (Phi) is 6.80. The van der Waals surface area contributed by atoms with Crippen LogP contribution in [0.3, 0.4) is 0 Å². The SMILES string of the molecule is O=C(NCCOCC1CC1)C1CCC(=O)N(Cc2ccccc2)C1c1ccccc1. The van der Waals surface area contributed by atoms with E-state index in [-0.39, 0.29) is 23.8 Å². The molecule has 0 radical (unpaired) electrons. The fourth-order valence-corrected chi connectivity index (χ4v) is 4.17. The predicted molar refractivity (Wildman–Crippen MR) is 115 cm³/mol. The highest BCUT2D eigenvalue weighted by Crippen LogP contribution is 2.38. The second-order valence-electron chi connectivity index (χ2n) is 8.32. The zero-order valence-corrected chi connectivity index (χ0v) is 17.3. The van der Waals surface area contributed by atoms with E-state index in [0.717, 1.165) is 23.7 Å². The summed E-state index contributed by atoms with van der Waals surface area (Å²) in [4.78, 5) is 27.9. The average molecular weight is 407 g/mol. The van der Waals surface area contributed by atoms with Crippen molar-refractivity contribution in [3.05, 3.63) is 71.8 Å². The molecule has 1 saturated heterocycles. The number of ether oxygens (including phenoxy) is 1. The van der Waals surface area contributed by atoms with Gasteiger partial charge >= 0.3 is 0 Å².